The molecule has 4 N–H and O–H groups in total. The minimum absolute atomic E-state index is 0.130. The highest BCUT2D eigenvalue weighted by atomic mass is 19.4. The SMILES string of the molecule is CC(NC(=O)C1CCC1C(=O)O)(C(N)=O)c1cccc(C(F)(F)F)c1. The first-order valence-corrected chi connectivity index (χ1v) is 7.49. The molecule has 1 aliphatic rings. The third kappa shape index (κ3) is 3.59. The van der Waals surface area contributed by atoms with Crippen LogP contribution < -0.4 is 11.1 Å². The molecule has 0 bridgehead atoms. The molecule has 0 spiro atoms. The third-order valence-corrected chi connectivity index (χ3v) is 4.56. The highest BCUT2D eigenvalue weighted by Crippen LogP contribution is 2.36. The molecule has 3 unspecified atom stereocenters. The van der Waals surface area contributed by atoms with Crippen molar-refractivity contribution in [3.05, 3.63) is 35.4 Å². The van der Waals surface area contributed by atoms with Crippen LogP contribution in [0.2, 0.25) is 0 Å². The number of halogens is 3. The van der Waals surface area contributed by atoms with Crippen LogP contribution in [0.3, 0.4) is 0 Å². The molecule has 1 aromatic carbocycles. The fourth-order valence-corrected chi connectivity index (χ4v) is 2.73. The minimum atomic E-state index is -4.62. The van der Waals surface area contributed by atoms with Crippen LogP contribution in [0, 0.1) is 11.8 Å². The monoisotopic (exact) mass is 358 g/mol. The van der Waals surface area contributed by atoms with Crippen molar-refractivity contribution in [2.75, 3.05) is 0 Å². The Hall–Kier alpha value is -2.58. The lowest BCUT2D eigenvalue weighted by Crippen LogP contribution is -2.56. The Morgan fingerprint density at radius 2 is 1.72 bits per heavy atom. The summed E-state index contributed by atoms with van der Waals surface area (Å²) in [7, 11) is 0. The second-order valence-electron chi connectivity index (χ2n) is 6.19. The van der Waals surface area contributed by atoms with E-state index in [1.54, 1.807) is 0 Å². The van der Waals surface area contributed by atoms with Gasteiger partial charge in [-0.1, -0.05) is 12.1 Å². The molecule has 0 aromatic heterocycles. The predicted octanol–water partition coefficient (Wildman–Crippen LogP) is 1.63. The zero-order valence-electron chi connectivity index (χ0n) is 13.3. The first kappa shape index (κ1) is 18.8. The third-order valence-electron chi connectivity index (χ3n) is 4.56. The first-order chi connectivity index (χ1) is 11.5. The van der Waals surface area contributed by atoms with E-state index in [1.165, 1.54) is 13.0 Å². The standard InChI is InChI=1S/C16H17F3N2O4/c1-15(14(20)25,8-3-2-4-9(7-8)16(17,18)19)21-12(22)10-5-6-11(10)13(23)24/h2-4,7,10-11H,5-6H2,1H3,(H2,20,25)(H,21,22)(H,23,24). The number of primary amides is 1. The summed E-state index contributed by atoms with van der Waals surface area (Å²) >= 11 is 0. The number of aliphatic carboxylic acids is 1. The molecule has 136 valence electrons. The van der Waals surface area contributed by atoms with Gasteiger partial charge in [0.25, 0.3) is 0 Å². The topological polar surface area (TPSA) is 109 Å². The number of carbonyl (C=O) groups is 3. The lowest BCUT2D eigenvalue weighted by atomic mass is 9.72. The number of nitrogens with two attached hydrogens (primary N) is 1. The van der Waals surface area contributed by atoms with Crippen molar-refractivity contribution in [2.24, 2.45) is 17.6 Å². The van der Waals surface area contributed by atoms with Gasteiger partial charge in [0.2, 0.25) is 11.8 Å². The predicted molar refractivity (Wildman–Crippen MR) is 80.0 cm³/mol. The Morgan fingerprint density at radius 3 is 2.16 bits per heavy atom. The Bertz CT molecular complexity index is 720. The number of carboxylic acid groups (broad SMARTS) is 1. The van der Waals surface area contributed by atoms with E-state index in [0.29, 0.717) is 12.8 Å². The number of benzene rings is 1. The number of rotatable bonds is 5. The zero-order chi connectivity index (χ0) is 19.0. The van der Waals surface area contributed by atoms with E-state index in [4.69, 9.17) is 10.8 Å². The number of alkyl halides is 3. The summed E-state index contributed by atoms with van der Waals surface area (Å²) in [6, 6.07) is 3.92. The van der Waals surface area contributed by atoms with Gasteiger partial charge in [-0.3, -0.25) is 14.4 Å². The molecule has 3 atom stereocenters. The number of amides is 2. The average Bonchev–Trinajstić information content (AvgIpc) is 2.44. The molecular weight excluding hydrogens is 341 g/mol. The van der Waals surface area contributed by atoms with Gasteiger partial charge in [0.1, 0.15) is 5.54 Å². The fraction of sp³-hybridized carbons (Fsp3) is 0.438. The Balaban J connectivity index is 2.32. The van der Waals surface area contributed by atoms with Crippen LogP contribution in [0.4, 0.5) is 13.2 Å². The van der Waals surface area contributed by atoms with E-state index >= 15 is 0 Å². The lowest BCUT2D eigenvalue weighted by Gasteiger charge is -2.36. The largest absolute Gasteiger partial charge is 0.481 e. The molecule has 1 fully saturated rings. The molecule has 6 nitrogen and oxygen atoms in total. The summed E-state index contributed by atoms with van der Waals surface area (Å²) in [5.74, 6) is -4.63. The molecule has 2 rings (SSSR count). The molecule has 9 heteroatoms. The van der Waals surface area contributed by atoms with Crippen molar-refractivity contribution in [2.45, 2.75) is 31.5 Å². The first-order valence-electron chi connectivity index (χ1n) is 7.49. The van der Waals surface area contributed by atoms with Crippen LogP contribution in [0.15, 0.2) is 24.3 Å². The van der Waals surface area contributed by atoms with E-state index in [2.05, 4.69) is 5.32 Å². The molecule has 0 aliphatic heterocycles. The van der Waals surface area contributed by atoms with Crippen molar-refractivity contribution in [1.29, 1.82) is 0 Å². The molecule has 2 amide bonds. The maximum Gasteiger partial charge on any atom is 0.416 e. The van der Waals surface area contributed by atoms with Crippen molar-refractivity contribution >= 4 is 17.8 Å². The minimum Gasteiger partial charge on any atom is -0.481 e. The van der Waals surface area contributed by atoms with E-state index < -0.39 is 46.9 Å². The molecule has 0 saturated heterocycles. The number of carboxylic acids is 1. The number of carbonyl (C=O) groups excluding carboxylic acids is 2. The van der Waals surface area contributed by atoms with Crippen LogP contribution in [0.5, 0.6) is 0 Å². The summed E-state index contributed by atoms with van der Waals surface area (Å²) in [5.41, 5.74) is 2.30. The van der Waals surface area contributed by atoms with E-state index in [-0.39, 0.29) is 5.56 Å². The smallest absolute Gasteiger partial charge is 0.416 e. The Morgan fingerprint density at radius 1 is 1.16 bits per heavy atom. The highest BCUT2D eigenvalue weighted by Gasteiger charge is 2.45. The second-order valence-corrected chi connectivity index (χ2v) is 6.19. The van der Waals surface area contributed by atoms with Gasteiger partial charge in [0.05, 0.1) is 17.4 Å². The fourth-order valence-electron chi connectivity index (χ4n) is 2.73. The van der Waals surface area contributed by atoms with Crippen molar-refractivity contribution in [3.8, 4) is 0 Å². The van der Waals surface area contributed by atoms with E-state index in [0.717, 1.165) is 18.2 Å². The Labute approximate surface area is 141 Å². The summed E-state index contributed by atoms with van der Waals surface area (Å²) in [4.78, 5) is 35.2. The average molecular weight is 358 g/mol. The molecule has 25 heavy (non-hydrogen) atoms. The Kier molecular flexibility index (Phi) is 4.79. The maximum absolute atomic E-state index is 12.9. The van der Waals surface area contributed by atoms with Crippen molar-refractivity contribution < 1.29 is 32.7 Å². The van der Waals surface area contributed by atoms with E-state index in [1.807, 2.05) is 0 Å². The summed E-state index contributed by atoms with van der Waals surface area (Å²) in [5, 5.41) is 11.3. The van der Waals surface area contributed by atoms with Gasteiger partial charge < -0.3 is 16.2 Å². The van der Waals surface area contributed by atoms with Gasteiger partial charge in [-0.05, 0) is 37.5 Å². The van der Waals surface area contributed by atoms with Crippen molar-refractivity contribution in [3.63, 3.8) is 0 Å². The van der Waals surface area contributed by atoms with Crippen molar-refractivity contribution in [1.82, 2.24) is 5.32 Å². The molecular formula is C16H17F3N2O4. The number of hydrogen-bond acceptors (Lipinski definition) is 3. The quantitative estimate of drug-likeness (QED) is 0.743. The number of hydrogen-bond donors (Lipinski definition) is 3. The lowest BCUT2D eigenvalue weighted by molar-refractivity contribution is -0.153. The van der Waals surface area contributed by atoms with Gasteiger partial charge in [-0.2, -0.15) is 13.2 Å². The van der Waals surface area contributed by atoms with Crippen LogP contribution in [0.1, 0.15) is 30.9 Å². The van der Waals surface area contributed by atoms with Gasteiger partial charge >= 0.3 is 12.1 Å². The van der Waals surface area contributed by atoms with Gasteiger partial charge in [0, 0.05) is 0 Å². The molecule has 1 saturated carbocycles. The van der Waals surface area contributed by atoms with Gasteiger partial charge in [-0.25, -0.2) is 0 Å². The molecule has 1 aliphatic carbocycles. The van der Waals surface area contributed by atoms with E-state index in [9.17, 15) is 27.6 Å². The van der Waals surface area contributed by atoms with Crippen LogP contribution in [-0.4, -0.2) is 22.9 Å². The zero-order valence-corrected chi connectivity index (χ0v) is 13.3. The van der Waals surface area contributed by atoms with Crippen LogP contribution in [-0.2, 0) is 26.1 Å². The molecule has 0 radical (unpaired) electrons. The second kappa shape index (κ2) is 6.38. The number of nitrogens with one attached hydrogen (secondary N) is 1. The maximum atomic E-state index is 12.9. The molecule has 1 aromatic rings. The summed E-state index contributed by atoms with van der Waals surface area (Å²) in [6.45, 7) is 1.19. The molecule has 0 heterocycles. The highest BCUT2D eigenvalue weighted by molar-refractivity contribution is 5.93. The van der Waals surface area contributed by atoms with Gasteiger partial charge in [-0.15, -0.1) is 0 Å². The van der Waals surface area contributed by atoms with Gasteiger partial charge in [0.15, 0.2) is 0 Å². The summed E-state index contributed by atoms with van der Waals surface area (Å²) < 4.78 is 38.6. The normalized spacial score (nSPS) is 22.4. The summed E-state index contributed by atoms with van der Waals surface area (Å²) in [6.07, 6.45) is -3.98. The van der Waals surface area contributed by atoms with Crippen LogP contribution >= 0.6 is 0 Å². The van der Waals surface area contributed by atoms with Crippen LogP contribution in [0.25, 0.3) is 0 Å².